The average molecular weight is 475 g/mol. The van der Waals surface area contributed by atoms with E-state index in [1.54, 1.807) is 0 Å². The largest absolute Gasteiger partial charge is 0.353 e. The van der Waals surface area contributed by atoms with Crippen molar-refractivity contribution in [2.75, 3.05) is 13.1 Å². The molecule has 0 bridgehead atoms. The first kappa shape index (κ1) is 22.5. The molecule has 1 aliphatic heterocycles. The molecule has 0 radical (unpaired) electrons. The Hall–Kier alpha value is -3.92. The summed E-state index contributed by atoms with van der Waals surface area (Å²) in [6.45, 7) is 6.49. The van der Waals surface area contributed by atoms with Gasteiger partial charge in [0.15, 0.2) is 0 Å². The summed E-state index contributed by atoms with van der Waals surface area (Å²) in [5.41, 5.74) is 8.48. The molecule has 1 saturated heterocycles. The molecule has 3 aromatic carbocycles. The quantitative estimate of drug-likeness (QED) is 0.269. The standard InChI is InChI=1S/C30H30N6/c1-20(24-9-3-2-7-23(24)19-36-13-4-5-14-36)32-18-22-8-6-10-27-26(22)16-29(33-27)30-25-12-11-21(17-31)15-28(25)34-35-30/h2-3,6-12,15-16,20,32-33H,4-5,13-14,18-19H2,1H3,(H,34,35). The van der Waals surface area contributed by atoms with Crippen LogP contribution >= 0.6 is 0 Å². The van der Waals surface area contributed by atoms with Crippen molar-refractivity contribution in [1.82, 2.24) is 25.4 Å². The Bertz CT molecular complexity index is 1560. The van der Waals surface area contributed by atoms with Gasteiger partial charge in [0.1, 0.15) is 5.69 Å². The third kappa shape index (κ3) is 4.28. The van der Waals surface area contributed by atoms with Gasteiger partial charge in [0.25, 0.3) is 0 Å². The predicted octanol–water partition coefficient (Wildman–Crippen LogP) is 6.03. The minimum absolute atomic E-state index is 0.252. The van der Waals surface area contributed by atoms with Gasteiger partial charge in [0.05, 0.1) is 22.8 Å². The third-order valence-corrected chi connectivity index (χ3v) is 7.41. The highest BCUT2D eigenvalue weighted by Gasteiger charge is 2.17. The molecule has 180 valence electrons. The van der Waals surface area contributed by atoms with Crippen LogP contribution in [0.5, 0.6) is 0 Å². The van der Waals surface area contributed by atoms with Gasteiger partial charge in [-0.1, -0.05) is 36.4 Å². The fourth-order valence-electron chi connectivity index (χ4n) is 5.45. The molecule has 0 amide bonds. The average Bonchev–Trinajstić information content (AvgIpc) is 3.66. The monoisotopic (exact) mass is 474 g/mol. The molecule has 0 saturated carbocycles. The molecule has 6 heteroatoms. The van der Waals surface area contributed by atoms with Crippen LogP contribution in [0, 0.1) is 11.3 Å². The van der Waals surface area contributed by atoms with Crippen LogP contribution in [-0.2, 0) is 13.1 Å². The SMILES string of the molecule is CC(NCc1cccc2[nH]c(-c3n[nH]c4cc(C#N)ccc34)cc12)c1ccccc1CN1CCCC1. The summed E-state index contributed by atoms with van der Waals surface area (Å²) >= 11 is 0. The van der Waals surface area contributed by atoms with E-state index in [-0.39, 0.29) is 6.04 Å². The van der Waals surface area contributed by atoms with Gasteiger partial charge >= 0.3 is 0 Å². The number of aromatic amines is 2. The molecule has 2 aromatic heterocycles. The van der Waals surface area contributed by atoms with Crippen molar-refractivity contribution in [2.45, 2.75) is 38.9 Å². The maximum atomic E-state index is 9.19. The van der Waals surface area contributed by atoms with Crippen molar-refractivity contribution < 1.29 is 0 Å². The van der Waals surface area contributed by atoms with Crippen LogP contribution < -0.4 is 5.32 Å². The minimum atomic E-state index is 0.252. The normalized spacial score (nSPS) is 15.0. The van der Waals surface area contributed by atoms with Gasteiger partial charge < -0.3 is 10.3 Å². The van der Waals surface area contributed by atoms with Gasteiger partial charge in [0.2, 0.25) is 0 Å². The first-order valence-electron chi connectivity index (χ1n) is 12.7. The van der Waals surface area contributed by atoms with Crippen LogP contribution in [0.15, 0.2) is 66.7 Å². The molecule has 1 unspecified atom stereocenters. The van der Waals surface area contributed by atoms with Crippen molar-refractivity contribution in [1.29, 1.82) is 5.26 Å². The Kier molecular flexibility index (Phi) is 6.02. The number of nitrogens with one attached hydrogen (secondary N) is 3. The summed E-state index contributed by atoms with van der Waals surface area (Å²) in [5.74, 6) is 0. The minimum Gasteiger partial charge on any atom is -0.353 e. The van der Waals surface area contributed by atoms with Gasteiger partial charge in [0, 0.05) is 35.4 Å². The van der Waals surface area contributed by atoms with E-state index >= 15 is 0 Å². The van der Waals surface area contributed by atoms with E-state index in [1.807, 2.05) is 18.2 Å². The molecule has 5 aromatic rings. The van der Waals surface area contributed by atoms with Gasteiger partial charge in [-0.15, -0.1) is 0 Å². The Balaban J connectivity index is 1.24. The van der Waals surface area contributed by atoms with E-state index in [0.717, 1.165) is 40.9 Å². The van der Waals surface area contributed by atoms with Crippen LogP contribution in [0.3, 0.4) is 0 Å². The van der Waals surface area contributed by atoms with Crippen molar-refractivity contribution in [2.24, 2.45) is 0 Å². The first-order valence-corrected chi connectivity index (χ1v) is 12.7. The number of hydrogen-bond donors (Lipinski definition) is 3. The number of H-pyrrole nitrogens is 2. The highest BCUT2D eigenvalue weighted by molar-refractivity contribution is 5.96. The number of rotatable bonds is 7. The van der Waals surface area contributed by atoms with Crippen molar-refractivity contribution in [3.05, 3.63) is 89.0 Å². The summed E-state index contributed by atoms with van der Waals surface area (Å²) in [6.07, 6.45) is 2.63. The molecule has 1 atom stereocenters. The van der Waals surface area contributed by atoms with E-state index in [9.17, 15) is 5.26 Å². The highest BCUT2D eigenvalue weighted by atomic mass is 15.1. The summed E-state index contributed by atoms with van der Waals surface area (Å²) in [5, 5.41) is 22.8. The van der Waals surface area contributed by atoms with Crippen LogP contribution in [0.2, 0.25) is 0 Å². The second-order valence-electron chi connectivity index (χ2n) is 9.79. The lowest BCUT2D eigenvalue weighted by Crippen LogP contribution is -2.23. The first-order chi connectivity index (χ1) is 17.7. The predicted molar refractivity (Wildman–Crippen MR) is 144 cm³/mol. The zero-order valence-corrected chi connectivity index (χ0v) is 20.5. The van der Waals surface area contributed by atoms with E-state index in [2.05, 4.69) is 86.9 Å². The summed E-state index contributed by atoms with van der Waals surface area (Å²) < 4.78 is 0. The second kappa shape index (κ2) is 9.62. The van der Waals surface area contributed by atoms with Gasteiger partial charge in [-0.05, 0) is 79.9 Å². The number of aromatic nitrogens is 3. The Morgan fingerprint density at radius 1 is 0.972 bits per heavy atom. The van der Waals surface area contributed by atoms with Gasteiger partial charge in [-0.2, -0.15) is 10.4 Å². The van der Waals surface area contributed by atoms with Crippen LogP contribution in [-0.4, -0.2) is 33.2 Å². The maximum absolute atomic E-state index is 9.19. The van der Waals surface area contributed by atoms with E-state index < -0.39 is 0 Å². The lowest BCUT2D eigenvalue weighted by Gasteiger charge is -2.22. The van der Waals surface area contributed by atoms with Crippen LogP contribution in [0.25, 0.3) is 33.2 Å². The molecular weight excluding hydrogens is 444 g/mol. The number of nitriles is 1. The fourth-order valence-corrected chi connectivity index (χ4v) is 5.45. The van der Waals surface area contributed by atoms with Crippen molar-refractivity contribution in [3.8, 4) is 17.5 Å². The number of nitrogens with zero attached hydrogens (tertiary/aromatic N) is 3. The lowest BCUT2D eigenvalue weighted by atomic mass is 10.0. The molecular formula is C30H30N6. The molecule has 3 N–H and O–H groups in total. The zero-order chi connectivity index (χ0) is 24.5. The topological polar surface area (TPSA) is 83.5 Å². The van der Waals surface area contributed by atoms with E-state index in [4.69, 9.17) is 0 Å². The molecule has 3 heterocycles. The number of likely N-dealkylation sites (tertiary alicyclic amines) is 1. The van der Waals surface area contributed by atoms with Gasteiger partial charge in [-0.25, -0.2) is 0 Å². The summed E-state index contributed by atoms with van der Waals surface area (Å²) in [7, 11) is 0. The molecule has 0 spiro atoms. The third-order valence-electron chi connectivity index (χ3n) is 7.41. The highest BCUT2D eigenvalue weighted by Crippen LogP contribution is 2.31. The molecule has 36 heavy (non-hydrogen) atoms. The smallest absolute Gasteiger partial charge is 0.116 e. The van der Waals surface area contributed by atoms with E-state index in [0.29, 0.717) is 5.56 Å². The number of benzene rings is 3. The van der Waals surface area contributed by atoms with Crippen LogP contribution in [0.1, 0.15) is 48.1 Å². The molecule has 6 nitrogen and oxygen atoms in total. The van der Waals surface area contributed by atoms with Gasteiger partial charge in [-0.3, -0.25) is 10.00 Å². The maximum Gasteiger partial charge on any atom is 0.116 e. The van der Waals surface area contributed by atoms with Crippen molar-refractivity contribution >= 4 is 21.8 Å². The fraction of sp³-hybridized carbons (Fsp3) is 0.267. The number of fused-ring (bicyclic) bond motifs is 2. The van der Waals surface area contributed by atoms with Crippen LogP contribution in [0.4, 0.5) is 0 Å². The Morgan fingerprint density at radius 3 is 2.67 bits per heavy atom. The molecule has 1 aliphatic rings. The lowest BCUT2D eigenvalue weighted by molar-refractivity contribution is 0.329. The Labute approximate surface area is 210 Å². The Morgan fingerprint density at radius 2 is 1.81 bits per heavy atom. The summed E-state index contributed by atoms with van der Waals surface area (Å²) in [6, 6.07) is 25.5. The molecule has 6 rings (SSSR count). The van der Waals surface area contributed by atoms with E-state index in [1.165, 1.54) is 48.0 Å². The summed E-state index contributed by atoms with van der Waals surface area (Å²) in [4.78, 5) is 6.11. The van der Waals surface area contributed by atoms with Crippen molar-refractivity contribution in [3.63, 3.8) is 0 Å². The molecule has 0 aliphatic carbocycles. The second-order valence-corrected chi connectivity index (χ2v) is 9.79. The zero-order valence-electron chi connectivity index (χ0n) is 20.5. The number of hydrogen-bond acceptors (Lipinski definition) is 4. The molecule has 1 fully saturated rings.